The normalized spacial score (nSPS) is 12.8. The van der Waals surface area contributed by atoms with Gasteiger partial charge in [-0.25, -0.2) is 19.2 Å². The van der Waals surface area contributed by atoms with Gasteiger partial charge in [0.05, 0.1) is 17.5 Å². The van der Waals surface area contributed by atoms with Crippen LogP contribution in [0.3, 0.4) is 0 Å². The van der Waals surface area contributed by atoms with E-state index in [-0.39, 0.29) is 46.1 Å². The van der Waals surface area contributed by atoms with Gasteiger partial charge < -0.3 is 27.6 Å². The highest BCUT2D eigenvalue weighted by Gasteiger charge is 2.37. The first-order valence-electron chi connectivity index (χ1n) is 11.3. The highest BCUT2D eigenvalue weighted by molar-refractivity contribution is 9.10. The summed E-state index contributed by atoms with van der Waals surface area (Å²) in [7, 11) is 5.23. The van der Waals surface area contributed by atoms with Gasteiger partial charge in [-0.05, 0) is 24.3 Å². The lowest BCUT2D eigenvalue weighted by atomic mass is 10.1. The molecule has 0 saturated heterocycles. The van der Waals surface area contributed by atoms with Crippen LogP contribution in [0.2, 0.25) is 0 Å². The Balaban J connectivity index is 0.00000400. The Morgan fingerprint density at radius 1 is 1.26 bits per heavy atom. The van der Waals surface area contributed by atoms with Crippen molar-refractivity contribution in [2.45, 2.75) is 6.54 Å². The summed E-state index contributed by atoms with van der Waals surface area (Å²) in [6, 6.07) is 13.3. The molecular formula is C25H26Br2N8O3. The van der Waals surface area contributed by atoms with Gasteiger partial charge in [0.2, 0.25) is 0 Å². The number of carbonyl (C=O) groups excluding carboxylic acids is 1. The minimum Gasteiger partial charge on any atom is -1.00 e. The van der Waals surface area contributed by atoms with Crippen molar-refractivity contribution in [3.8, 4) is 0 Å². The first kappa shape index (κ1) is 29.0. The molecule has 13 heteroatoms. The molecule has 11 nitrogen and oxygen atoms in total. The molecule has 0 radical (unpaired) electrons. The van der Waals surface area contributed by atoms with Crippen LogP contribution in [-0.4, -0.2) is 51.2 Å². The summed E-state index contributed by atoms with van der Waals surface area (Å²) < 4.78 is 2.06. The van der Waals surface area contributed by atoms with Gasteiger partial charge in [-0.3, -0.25) is 14.8 Å². The van der Waals surface area contributed by atoms with Gasteiger partial charge in [0.15, 0.2) is 5.69 Å². The molecule has 2 aromatic carbocycles. The van der Waals surface area contributed by atoms with Crippen LogP contribution in [0.25, 0.3) is 10.9 Å². The number of rotatable bonds is 8. The lowest BCUT2D eigenvalue weighted by Gasteiger charge is -2.30. The highest BCUT2D eigenvalue weighted by atomic mass is 79.9. The van der Waals surface area contributed by atoms with Crippen molar-refractivity contribution >= 4 is 55.6 Å². The van der Waals surface area contributed by atoms with Crippen LogP contribution in [0.4, 0.5) is 22.9 Å². The Kier molecular flexibility index (Phi) is 9.09. The molecule has 0 bridgehead atoms. The van der Waals surface area contributed by atoms with Crippen LogP contribution in [0.5, 0.6) is 0 Å². The number of aryl methyl sites for hydroxylation is 1. The van der Waals surface area contributed by atoms with E-state index in [0.717, 1.165) is 15.5 Å². The van der Waals surface area contributed by atoms with Crippen LogP contribution >= 0.6 is 15.9 Å². The van der Waals surface area contributed by atoms with Gasteiger partial charge in [-0.1, -0.05) is 28.1 Å². The summed E-state index contributed by atoms with van der Waals surface area (Å²) in [6.07, 6.45) is 5.66. The monoisotopic (exact) mass is 644 g/mol. The number of quaternary nitrogens is 1. The highest BCUT2D eigenvalue weighted by Crippen LogP contribution is 2.35. The van der Waals surface area contributed by atoms with Crippen molar-refractivity contribution in [2.75, 3.05) is 25.5 Å². The van der Waals surface area contributed by atoms with E-state index in [0.29, 0.717) is 22.7 Å². The van der Waals surface area contributed by atoms with E-state index in [1.54, 1.807) is 26.2 Å². The molecule has 0 saturated carbocycles. The summed E-state index contributed by atoms with van der Waals surface area (Å²) in [4.78, 5) is 35.6. The third kappa shape index (κ3) is 5.65. The molecule has 0 spiro atoms. The maximum absolute atomic E-state index is 13.5. The van der Waals surface area contributed by atoms with Crippen LogP contribution in [0, 0.1) is 10.1 Å². The Hall–Kier alpha value is -3.52. The number of benzene rings is 2. The Bertz CT molecular complexity index is 1520. The number of nitrogens with zero attached hydrogens (tertiary/aromatic N) is 7. The van der Waals surface area contributed by atoms with E-state index in [2.05, 4.69) is 31.0 Å². The largest absolute Gasteiger partial charge is 1.00 e. The molecule has 0 aliphatic rings. The average molecular weight is 646 g/mol. The summed E-state index contributed by atoms with van der Waals surface area (Å²) in [5, 5.41) is 16.4. The van der Waals surface area contributed by atoms with E-state index >= 15 is 0 Å². The zero-order chi connectivity index (χ0) is 26.7. The topological polar surface area (TPSA) is 133 Å². The van der Waals surface area contributed by atoms with Crippen molar-refractivity contribution in [1.29, 1.82) is 0 Å². The molecule has 2 aromatic heterocycles. The molecule has 0 aliphatic carbocycles. The number of nitrogens with two attached hydrogens (primary N) is 1. The van der Waals surface area contributed by atoms with Gasteiger partial charge in [0, 0.05) is 54.4 Å². The Labute approximate surface area is 238 Å². The molecular weight excluding hydrogens is 620 g/mol. The van der Waals surface area contributed by atoms with Crippen molar-refractivity contribution in [1.82, 2.24) is 24.2 Å². The van der Waals surface area contributed by atoms with Crippen LogP contribution in [0.1, 0.15) is 5.69 Å². The Morgan fingerprint density at radius 3 is 2.71 bits per heavy atom. The summed E-state index contributed by atoms with van der Waals surface area (Å²) >= 11 is 3.51. The molecule has 2 heterocycles. The number of carbonyl (C=O) groups is 1. The van der Waals surface area contributed by atoms with Gasteiger partial charge >= 0.3 is 11.6 Å². The third-order valence-electron chi connectivity index (χ3n) is 6.27. The average Bonchev–Trinajstić information content (AvgIpc) is 3.25. The molecule has 1 unspecified atom stereocenters. The number of halogens is 2. The van der Waals surface area contributed by atoms with E-state index in [9.17, 15) is 14.9 Å². The fourth-order valence-electron chi connectivity index (χ4n) is 4.13. The smallest absolute Gasteiger partial charge is 0.343 e. The number of anilines is 2. The minimum absolute atomic E-state index is 0. The predicted octanol–water partition coefficient (Wildman–Crippen LogP) is 0.985. The molecule has 0 aliphatic heterocycles. The molecule has 0 fully saturated rings. The summed E-state index contributed by atoms with van der Waals surface area (Å²) in [5.74, 6) is 0.354. The fraction of sp³-hybridized carbons (Fsp3) is 0.200. The first-order valence-corrected chi connectivity index (χ1v) is 12.1. The van der Waals surface area contributed by atoms with E-state index in [1.807, 2.05) is 48.3 Å². The predicted molar refractivity (Wildman–Crippen MR) is 146 cm³/mol. The van der Waals surface area contributed by atoms with Crippen molar-refractivity contribution < 1.29 is 26.7 Å². The second-order valence-electron chi connectivity index (χ2n) is 8.62. The molecule has 198 valence electrons. The first-order chi connectivity index (χ1) is 17.7. The third-order valence-corrected chi connectivity index (χ3v) is 6.76. The quantitative estimate of drug-likeness (QED) is 0.130. The van der Waals surface area contributed by atoms with Gasteiger partial charge in [-0.15, -0.1) is 0 Å². The number of hydrogen-bond donors (Lipinski definition) is 1. The van der Waals surface area contributed by atoms with E-state index in [1.165, 1.54) is 23.3 Å². The lowest BCUT2D eigenvalue weighted by molar-refractivity contribution is -0.385. The standard InChI is InChI=1S/C25H26BrN8O3.BrH/c1-31(18-7-4-6-17(26)12-18)25-20-13-19(9-10-21(20)28-16-29-25)34(3,24(35)8-5-11-27)15-23-22(33(36)37)14-30-32(23)2;/h4-10,12-14,16H,11,15,27H2,1-3H3;1H/q+1;/p-1/b8-5+;. The minimum atomic E-state index is -0.494. The summed E-state index contributed by atoms with van der Waals surface area (Å²) in [6.45, 7) is 0.182. The van der Waals surface area contributed by atoms with Crippen molar-refractivity contribution in [3.05, 3.63) is 87.4 Å². The Morgan fingerprint density at radius 2 is 2.03 bits per heavy atom. The van der Waals surface area contributed by atoms with E-state index in [4.69, 9.17) is 5.73 Å². The number of likely N-dealkylation sites (N-methyl/N-ethyl adjacent to an activating group) is 1. The van der Waals surface area contributed by atoms with Gasteiger partial charge in [-0.2, -0.15) is 5.10 Å². The number of aromatic nitrogens is 4. The summed E-state index contributed by atoms with van der Waals surface area (Å²) in [5.41, 5.74) is 7.97. The molecule has 1 amide bonds. The zero-order valence-corrected chi connectivity index (χ0v) is 24.1. The van der Waals surface area contributed by atoms with Crippen molar-refractivity contribution in [2.24, 2.45) is 12.8 Å². The number of hydrogen-bond acceptors (Lipinski definition) is 8. The molecule has 4 rings (SSSR count). The number of fused-ring (bicyclic) bond motifs is 1. The van der Waals surface area contributed by atoms with E-state index < -0.39 is 4.92 Å². The maximum atomic E-state index is 13.5. The number of nitro groups is 1. The number of amides is 1. The van der Waals surface area contributed by atoms with Gasteiger partial charge in [0.1, 0.15) is 30.6 Å². The molecule has 1 atom stereocenters. The molecule has 2 N–H and O–H groups in total. The maximum Gasteiger partial charge on any atom is 0.343 e. The van der Waals surface area contributed by atoms with Crippen LogP contribution < -0.4 is 32.1 Å². The molecule has 38 heavy (non-hydrogen) atoms. The second kappa shape index (κ2) is 11.9. The van der Waals surface area contributed by atoms with Crippen LogP contribution in [0.15, 0.2) is 71.6 Å². The fourth-order valence-corrected chi connectivity index (χ4v) is 4.52. The molecule has 4 aromatic rings. The van der Waals surface area contributed by atoms with Crippen LogP contribution in [-0.2, 0) is 18.4 Å². The lowest BCUT2D eigenvalue weighted by Crippen LogP contribution is -3.00. The van der Waals surface area contributed by atoms with Crippen molar-refractivity contribution in [3.63, 3.8) is 0 Å². The second-order valence-corrected chi connectivity index (χ2v) is 9.54. The zero-order valence-electron chi connectivity index (χ0n) is 21.0. The SMILES string of the molecule is CN(c1cccc(Br)c1)c1ncnc2ccc([N+](C)(Cc3c([N+](=O)[O-])cnn3C)C(=O)/C=C/CN)cc12.[Br-]. The van der Waals surface area contributed by atoms with Gasteiger partial charge in [0.25, 0.3) is 0 Å².